The van der Waals surface area contributed by atoms with E-state index in [9.17, 15) is 0 Å². The van der Waals surface area contributed by atoms with Crippen molar-refractivity contribution in [3.05, 3.63) is 66.7 Å². The third-order valence-corrected chi connectivity index (χ3v) is 9.58. The number of aromatic nitrogens is 1. The smallest absolute Gasteiger partial charge is 0.213 e. The lowest BCUT2D eigenvalue weighted by atomic mass is 9.83. The number of anilines is 6. The van der Waals surface area contributed by atoms with Crippen molar-refractivity contribution in [2.24, 2.45) is 9.98 Å². The minimum absolute atomic E-state index is 0.186. The van der Waals surface area contributed by atoms with Gasteiger partial charge in [0.25, 0.3) is 0 Å². The van der Waals surface area contributed by atoms with Crippen LogP contribution in [0.1, 0.15) is 55.4 Å². The van der Waals surface area contributed by atoms with Crippen molar-refractivity contribution >= 4 is 46.3 Å². The summed E-state index contributed by atoms with van der Waals surface area (Å²) in [5, 5.41) is 0. The van der Waals surface area contributed by atoms with Crippen LogP contribution in [0, 0.1) is 0 Å². The number of benzene rings is 2. The van der Waals surface area contributed by atoms with Crippen molar-refractivity contribution < 1.29 is 0 Å². The minimum atomic E-state index is -0.254. The molecule has 0 bridgehead atoms. The Hall–Kier alpha value is -3.87. The lowest BCUT2D eigenvalue weighted by Crippen LogP contribution is -2.53. The van der Waals surface area contributed by atoms with E-state index in [1.54, 1.807) is 0 Å². The van der Waals surface area contributed by atoms with Gasteiger partial charge in [0.15, 0.2) is 0 Å². The van der Waals surface area contributed by atoms with Crippen LogP contribution in [0.3, 0.4) is 0 Å². The molecule has 5 heterocycles. The summed E-state index contributed by atoms with van der Waals surface area (Å²) >= 11 is 0. The molecule has 0 amide bonds. The van der Waals surface area contributed by atoms with Gasteiger partial charge in [-0.3, -0.25) is 9.80 Å². The van der Waals surface area contributed by atoms with Crippen molar-refractivity contribution in [1.29, 1.82) is 0 Å². The Morgan fingerprint density at radius 1 is 0.474 bits per heavy atom. The molecule has 4 aliphatic rings. The largest absolute Gasteiger partial charge is 0.302 e. The molecule has 0 N–H and O–H groups in total. The molecular formula is C31H35N7. The van der Waals surface area contributed by atoms with E-state index < -0.39 is 0 Å². The third kappa shape index (κ3) is 2.66. The normalized spacial score (nSPS) is 22.6. The van der Waals surface area contributed by atoms with E-state index in [0.29, 0.717) is 0 Å². The first-order chi connectivity index (χ1) is 17.9. The Morgan fingerprint density at radius 3 is 1.24 bits per heavy atom. The van der Waals surface area contributed by atoms with Crippen LogP contribution in [-0.4, -0.2) is 39.1 Å². The zero-order valence-electron chi connectivity index (χ0n) is 23.5. The third-order valence-electron chi connectivity index (χ3n) is 9.58. The first kappa shape index (κ1) is 23.3. The minimum Gasteiger partial charge on any atom is -0.302 e. The molecule has 0 fully saturated rings. The van der Waals surface area contributed by atoms with Crippen molar-refractivity contribution in [3.8, 4) is 0 Å². The molecule has 1 aromatic heterocycles. The van der Waals surface area contributed by atoms with Crippen LogP contribution < -0.4 is 19.6 Å². The molecule has 0 spiro atoms. The highest BCUT2D eigenvalue weighted by Gasteiger charge is 2.56. The van der Waals surface area contributed by atoms with Crippen LogP contribution in [0.5, 0.6) is 0 Å². The Morgan fingerprint density at radius 2 is 0.842 bits per heavy atom. The van der Waals surface area contributed by atoms with E-state index in [-0.39, 0.29) is 22.2 Å². The summed E-state index contributed by atoms with van der Waals surface area (Å²) in [7, 11) is 0. The van der Waals surface area contributed by atoms with E-state index >= 15 is 0 Å². The average Bonchev–Trinajstić information content (AvgIpc) is 3.46. The van der Waals surface area contributed by atoms with Gasteiger partial charge in [-0.2, -0.15) is 0 Å². The molecule has 0 atom stereocenters. The Balaban J connectivity index is 1.39. The maximum absolute atomic E-state index is 5.28. The first-order valence-electron chi connectivity index (χ1n) is 13.4. The molecule has 7 heteroatoms. The van der Waals surface area contributed by atoms with Crippen LogP contribution in [0.4, 0.5) is 34.4 Å². The van der Waals surface area contributed by atoms with Crippen LogP contribution in [0.25, 0.3) is 0 Å². The van der Waals surface area contributed by atoms with Crippen molar-refractivity contribution in [2.75, 3.05) is 19.6 Å². The molecule has 0 saturated carbocycles. The summed E-state index contributed by atoms with van der Waals surface area (Å²) in [5.74, 6) is 3.54. The van der Waals surface area contributed by atoms with Crippen molar-refractivity contribution in [1.82, 2.24) is 4.98 Å². The van der Waals surface area contributed by atoms with E-state index in [2.05, 4.69) is 142 Å². The van der Waals surface area contributed by atoms with Crippen LogP contribution >= 0.6 is 0 Å². The number of hydrogen-bond donors (Lipinski definition) is 0. The zero-order valence-corrected chi connectivity index (χ0v) is 23.5. The topological polar surface area (TPSA) is 50.6 Å². The molecule has 2 aromatic carbocycles. The molecule has 194 valence electrons. The molecule has 0 saturated heterocycles. The second-order valence-electron chi connectivity index (χ2n) is 12.7. The summed E-state index contributed by atoms with van der Waals surface area (Å²) in [6, 6.07) is 23.3. The van der Waals surface area contributed by atoms with E-state index in [1.807, 2.05) is 0 Å². The van der Waals surface area contributed by atoms with Crippen LogP contribution in [0.2, 0.25) is 0 Å². The molecule has 0 unspecified atom stereocenters. The predicted molar refractivity (Wildman–Crippen MR) is 158 cm³/mol. The van der Waals surface area contributed by atoms with Gasteiger partial charge in [0.05, 0.1) is 44.9 Å². The number of para-hydroxylation sites is 4. The Labute approximate surface area is 225 Å². The second kappa shape index (κ2) is 6.95. The summed E-state index contributed by atoms with van der Waals surface area (Å²) in [5.41, 5.74) is 3.65. The molecule has 3 aromatic rings. The Bertz CT molecular complexity index is 1450. The van der Waals surface area contributed by atoms with Gasteiger partial charge in [-0.15, -0.1) is 0 Å². The number of pyridine rings is 1. The molecule has 0 radical (unpaired) electrons. The summed E-state index contributed by atoms with van der Waals surface area (Å²) in [6.07, 6.45) is 0. The van der Waals surface area contributed by atoms with Gasteiger partial charge in [-0.1, -0.05) is 30.3 Å². The summed E-state index contributed by atoms with van der Waals surface area (Å²) in [4.78, 5) is 24.9. The Kier molecular flexibility index (Phi) is 4.26. The van der Waals surface area contributed by atoms with Gasteiger partial charge in [0, 0.05) is 0 Å². The highest BCUT2D eigenvalue weighted by Crippen LogP contribution is 2.53. The van der Waals surface area contributed by atoms with Crippen molar-refractivity contribution in [3.63, 3.8) is 0 Å². The molecule has 7 nitrogen and oxygen atoms in total. The fourth-order valence-electron chi connectivity index (χ4n) is 6.05. The van der Waals surface area contributed by atoms with E-state index in [1.165, 1.54) is 0 Å². The number of guanidine groups is 2. The van der Waals surface area contributed by atoms with Crippen molar-refractivity contribution in [2.45, 2.75) is 77.5 Å². The van der Waals surface area contributed by atoms with Gasteiger partial charge >= 0.3 is 0 Å². The van der Waals surface area contributed by atoms with Crippen LogP contribution in [0.15, 0.2) is 76.7 Å². The number of aliphatic imine (C=N–C) groups is 2. The SMILES string of the molecule is CC1(C)N=C2N(c3cccc(N4C5=NC(C)(C)C(C)(C)N5c5ccccc54)n3)c3ccccc3N2C1(C)C. The monoisotopic (exact) mass is 505 g/mol. The van der Waals surface area contributed by atoms with Gasteiger partial charge < -0.3 is 9.80 Å². The fourth-order valence-corrected chi connectivity index (χ4v) is 6.05. The maximum Gasteiger partial charge on any atom is 0.213 e. The zero-order chi connectivity index (χ0) is 26.8. The standard InChI is InChI=1S/C31H35N7/c1-28(2)30(5,6)37-22-16-11-9-14-20(22)35(26(37)33-28)24-18-13-19-25(32-24)36-21-15-10-12-17-23(21)38-27(36)34-29(3,4)31(38,7)8/h9-19H,1-8H3. The number of hydrogen-bond acceptors (Lipinski definition) is 7. The fraction of sp³-hybridized carbons (Fsp3) is 0.387. The summed E-state index contributed by atoms with van der Waals surface area (Å²) in [6.45, 7) is 17.9. The number of rotatable bonds is 2. The summed E-state index contributed by atoms with van der Waals surface area (Å²) < 4.78 is 0. The molecular weight excluding hydrogens is 470 g/mol. The number of nitrogens with zero attached hydrogens (tertiary/aromatic N) is 7. The lowest BCUT2D eigenvalue weighted by Gasteiger charge is -2.39. The average molecular weight is 506 g/mol. The molecule has 0 aliphatic carbocycles. The quantitative estimate of drug-likeness (QED) is 0.381. The molecule has 4 aliphatic heterocycles. The molecule has 38 heavy (non-hydrogen) atoms. The van der Waals surface area contributed by atoms with Crippen LogP contribution in [-0.2, 0) is 0 Å². The number of fused-ring (bicyclic) bond motifs is 6. The second-order valence-corrected chi connectivity index (χ2v) is 12.7. The highest BCUT2D eigenvalue weighted by atomic mass is 15.5. The van der Waals surface area contributed by atoms with E-state index in [0.717, 1.165) is 46.3 Å². The molecule has 7 rings (SSSR count). The highest BCUT2D eigenvalue weighted by molar-refractivity contribution is 6.23. The first-order valence-corrected chi connectivity index (χ1v) is 13.4. The van der Waals surface area contributed by atoms with Gasteiger partial charge in [-0.25, -0.2) is 15.0 Å². The van der Waals surface area contributed by atoms with Gasteiger partial charge in [0.2, 0.25) is 11.9 Å². The maximum atomic E-state index is 5.28. The van der Waals surface area contributed by atoms with Gasteiger partial charge in [-0.05, 0) is 91.8 Å². The predicted octanol–water partition coefficient (Wildman–Crippen LogP) is 6.85. The van der Waals surface area contributed by atoms with Gasteiger partial charge in [0.1, 0.15) is 11.6 Å². The van der Waals surface area contributed by atoms with E-state index in [4.69, 9.17) is 15.0 Å². The lowest BCUT2D eigenvalue weighted by molar-refractivity contribution is 0.338.